The average molecular weight is 310 g/mol. The summed E-state index contributed by atoms with van der Waals surface area (Å²) in [5, 5.41) is 3.30. The van der Waals surface area contributed by atoms with Gasteiger partial charge in [-0.3, -0.25) is 0 Å². The van der Waals surface area contributed by atoms with Crippen LogP contribution >= 0.6 is 11.3 Å². The highest BCUT2D eigenvalue weighted by molar-refractivity contribution is 7.18. The first-order valence-electron chi connectivity index (χ1n) is 7.36. The van der Waals surface area contributed by atoms with Crippen LogP contribution in [0.3, 0.4) is 0 Å². The number of rotatable bonds is 3. The summed E-state index contributed by atoms with van der Waals surface area (Å²) in [4.78, 5) is 12.1. The Morgan fingerprint density at radius 1 is 1.09 bits per heavy atom. The zero-order valence-electron chi connectivity index (χ0n) is 13.0. The summed E-state index contributed by atoms with van der Waals surface area (Å²) in [6.07, 6.45) is 0. The van der Waals surface area contributed by atoms with Crippen LogP contribution in [0.15, 0.2) is 41.8 Å². The number of aryl methyl sites for hydroxylation is 2. The van der Waals surface area contributed by atoms with Crippen molar-refractivity contribution >= 4 is 27.4 Å². The van der Waals surface area contributed by atoms with E-state index in [0.717, 1.165) is 10.9 Å². The summed E-state index contributed by atoms with van der Waals surface area (Å²) in [6.45, 7) is 6.38. The van der Waals surface area contributed by atoms with E-state index in [1.54, 1.807) is 11.3 Å². The zero-order valence-corrected chi connectivity index (χ0v) is 13.8. The molecule has 0 radical (unpaired) electrons. The Morgan fingerprint density at radius 3 is 2.59 bits per heavy atom. The lowest BCUT2D eigenvalue weighted by atomic mass is 9.98. The zero-order chi connectivity index (χ0) is 15.7. The highest BCUT2D eigenvalue weighted by Gasteiger charge is 2.14. The van der Waals surface area contributed by atoms with Gasteiger partial charge < -0.3 is 4.74 Å². The van der Waals surface area contributed by atoms with Crippen molar-refractivity contribution in [1.29, 1.82) is 0 Å². The molecule has 0 aliphatic heterocycles. The third kappa shape index (κ3) is 2.53. The Hall–Kier alpha value is -2.13. The summed E-state index contributed by atoms with van der Waals surface area (Å²) in [7, 11) is 0. The first kappa shape index (κ1) is 14.8. The molecule has 1 aromatic heterocycles. The Bertz CT molecular complexity index is 846. The van der Waals surface area contributed by atoms with Crippen molar-refractivity contribution in [3.63, 3.8) is 0 Å². The van der Waals surface area contributed by atoms with Gasteiger partial charge in [0.1, 0.15) is 0 Å². The van der Waals surface area contributed by atoms with Crippen LogP contribution < -0.4 is 0 Å². The maximum absolute atomic E-state index is 12.1. The number of benzene rings is 2. The quantitative estimate of drug-likeness (QED) is 0.609. The lowest BCUT2D eigenvalue weighted by Crippen LogP contribution is -2.04. The van der Waals surface area contributed by atoms with Gasteiger partial charge in [-0.2, -0.15) is 0 Å². The van der Waals surface area contributed by atoms with E-state index >= 15 is 0 Å². The molecule has 3 aromatic rings. The van der Waals surface area contributed by atoms with Crippen LogP contribution in [-0.4, -0.2) is 12.6 Å². The molecule has 0 N–H and O–H groups in total. The maximum Gasteiger partial charge on any atom is 0.338 e. The van der Waals surface area contributed by atoms with E-state index in [1.807, 2.05) is 38.1 Å². The molecule has 112 valence electrons. The minimum atomic E-state index is -0.255. The van der Waals surface area contributed by atoms with E-state index in [9.17, 15) is 4.79 Å². The molecule has 3 heteroatoms. The predicted molar refractivity (Wildman–Crippen MR) is 92.7 cm³/mol. The standard InChI is InChI=1S/C19H18O2S/c1-4-21-19(20)14-9-13(3)18-16(10-14)17(11-22-18)15-8-6-5-7-12(15)2/h5-11H,4H2,1-3H3. The molecule has 0 amide bonds. The number of ether oxygens (including phenoxy) is 1. The van der Waals surface area contributed by atoms with E-state index in [2.05, 4.69) is 24.4 Å². The largest absolute Gasteiger partial charge is 0.462 e. The number of fused-ring (bicyclic) bond motifs is 1. The van der Waals surface area contributed by atoms with Crippen molar-refractivity contribution in [1.82, 2.24) is 0 Å². The molecule has 0 atom stereocenters. The smallest absolute Gasteiger partial charge is 0.338 e. The Balaban J connectivity index is 2.21. The molecule has 0 unspecified atom stereocenters. The Labute approximate surface area is 134 Å². The fourth-order valence-corrected chi connectivity index (χ4v) is 3.76. The molecule has 0 bridgehead atoms. The van der Waals surface area contributed by atoms with Crippen LogP contribution in [0.5, 0.6) is 0 Å². The molecular weight excluding hydrogens is 292 g/mol. The van der Waals surface area contributed by atoms with Crippen molar-refractivity contribution < 1.29 is 9.53 Å². The van der Waals surface area contributed by atoms with Crippen LogP contribution in [-0.2, 0) is 4.74 Å². The lowest BCUT2D eigenvalue weighted by molar-refractivity contribution is 0.0526. The van der Waals surface area contributed by atoms with E-state index in [4.69, 9.17) is 4.74 Å². The fraction of sp³-hybridized carbons (Fsp3) is 0.211. The summed E-state index contributed by atoms with van der Waals surface area (Å²) in [6, 6.07) is 12.2. The van der Waals surface area contributed by atoms with E-state index in [1.165, 1.54) is 21.4 Å². The van der Waals surface area contributed by atoms with Crippen molar-refractivity contribution in [2.45, 2.75) is 20.8 Å². The van der Waals surface area contributed by atoms with Gasteiger partial charge in [-0.15, -0.1) is 11.3 Å². The number of carbonyl (C=O) groups excluding carboxylic acids is 1. The highest BCUT2D eigenvalue weighted by Crippen LogP contribution is 2.37. The number of hydrogen-bond acceptors (Lipinski definition) is 3. The molecule has 0 spiro atoms. The molecule has 1 heterocycles. The summed E-state index contributed by atoms with van der Waals surface area (Å²) in [5.74, 6) is -0.255. The molecule has 0 aliphatic carbocycles. The summed E-state index contributed by atoms with van der Waals surface area (Å²) in [5.41, 5.74) is 5.38. The molecule has 0 fully saturated rings. The fourth-order valence-electron chi connectivity index (χ4n) is 2.73. The Kier molecular flexibility index (Phi) is 3.99. The average Bonchev–Trinajstić information content (AvgIpc) is 2.92. The minimum absolute atomic E-state index is 0.255. The second-order valence-corrected chi connectivity index (χ2v) is 6.23. The van der Waals surface area contributed by atoms with Gasteiger partial charge in [-0.25, -0.2) is 4.79 Å². The molecule has 22 heavy (non-hydrogen) atoms. The normalized spacial score (nSPS) is 10.9. The minimum Gasteiger partial charge on any atom is -0.462 e. The maximum atomic E-state index is 12.1. The SMILES string of the molecule is CCOC(=O)c1cc(C)c2scc(-c3ccccc3C)c2c1. The number of carbonyl (C=O) groups is 1. The van der Waals surface area contributed by atoms with Gasteiger partial charge in [-0.05, 0) is 55.0 Å². The van der Waals surface area contributed by atoms with Crippen LogP contribution in [0.2, 0.25) is 0 Å². The lowest BCUT2D eigenvalue weighted by Gasteiger charge is -2.07. The summed E-state index contributed by atoms with van der Waals surface area (Å²) >= 11 is 1.73. The Morgan fingerprint density at radius 2 is 1.86 bits per heavy atom. The number of esters is 1. The molecule has 0 aliphatic rings. The van der Waals surface area contributed by atoms with Crippen LogP contribution in [0, 0.1) is 13.8 Å². The van der Waals surface area contributed by atoms with Crippen molar-refractivity contribution in [2.24, 2.45) is 0 Å². The number of thiophene rings is 1. The first-order valence-corrected chi connectivity index (χ1v) is 8.24. The van der Waals surface area contributed by atoms with Crippen LogP contribution in [0.25, 0.3) is 21.2 Å². The second-order valence-electron chi connectivity index (χ2n) is 5.35. The molecular formula is C19H18O2S. The predicted octanol–water partition coefficient (Wildman–Crippen LogP) is 5.36. The first-order chi connectivity index (χ1) is 10.6. The van der Waals surface area contributed by atoms with Crippen molar-refractivity contribution in [3.05, 3.63) is 58.5 Å². The van der Waals surface area contributed by atoms with Gasteiger partial charge in [0, 0.05) is 15.6 Å². The van der Waals surface area contributed by atoms with E-state index in [-0.39, 0.29) is 5.97 Å². The third-order valence-electron chi connectivity index (χ3n) is 3.81. The molecule has 2 nitrogen and oxygen atoms in total. The summed E-state index contributed by atoms with van der Waals surface area (Å²) < 4.78 is 6.37. The molecule has 2 aromatic carbocycles. The van der Waals surface area contributed by atoms with Gasteiger partial charge in [0.2, 0.25) is 0 Å². The second kappa shape index (κ2) is 5.93. The van der Waals surface area contributed by atoms with Gasteiger partial charge in [0.05, 0.1) is 12.2 Å². The number of hydrogen-bond donors (Lipinski definition) is 0. The van der Waals surface area contributed by atoms with Gasteiger partial charge in [0.15, 0.2) is 0 Å². The van der Waals surface area contributed by atoms with Gasteiger partial charge >= 0.3 is 5.97 Å². The third-order valence-corrected chi connectivity index (χ3v) is 4.94. The van der Waals surface area contributed by atoms with Gasteiger partial charge in [-0.1, -0.05) is 24.3 Å². The van der Waals surface area contributed by atoms with E-state index in [0.29, 0.717) is 12.2 Å². The molecule has 3 rings (SSSR count). The van der Waals surface area contributed by atoms with Crippen molar-refractivity contribution in [3.8, 4) is 11.1 Å². The highest BCUT2D eigenvalue weighted by atomic mass is 32.1. The van der Waals surface area contributed by atoms with Gasteiger partial charge in [0.25, 0.3) is 0 Å². The van der Waals surface area contributed by atoms with Crippen LogP contribution in [0.4, 0.5) is 0 Å². The molecule has 0 saturated carbocycles. The van der Waals surface area contributed by atoms with E-state index < -0.39 is 0 Å². The van der Waals surface area contributed by atoms with Crippen molar-refractivity contribution in [2.75, 3.05) is 6.61 Å². The van der Waals surface area contributed by atoms with Crippen LogP contribution in [0.1, 0.15) is 28.4 Å². The molecule has 0 saturated heterocycles. The topological polar surface area (TPSA) is 26.3 Å². The monoisotopic (exact) mass is 310 g/mol.